The molecule has 0 saturated carbocycles. The van der Waals surface area contributed by atoms with Crippen molar-refractivity contribution in [3.8, 4) is 0 Å². The first kappa shape index (κ1) is 24.3. The van der Waals surface area contributed by atoms with Crippen LogP contribution in [0, 0.1) is 0 Å². The number of pyridine rings is 1. The van der Waals surface area contributed by atoms with E-state index in [1.807, 2.05) is 23.2 Å². The Kier molecular flexibility index (Phi) is 8.02. The minimum Gasteiger partial charge on any atom is -0.338 e. The van der Waals surface area contributed by atoms with Crippen LogP contribution in [0.3, 0.4) is 0 Å². The topological polar surface area (TPSA) is 60.5 Å². The Morgan fingerprint density at radius 2 is 1.80 bits per heavy atom. The van der Waals surface area contributed by atoms with Gasteiger partial charge in [-0.25, -0.2) is 4.79 Å². The predicted octanol–water partition coefficient (Wildman–Crippen LogP) is 4.13. The van der Waals surface area contributed by atoms with Gasteiger partial charge in [0.1, 0.15) is 0 Å². The number of nitrogens with zero attached hydrogens (tertiary/aromatic N) is 3. The van der Waals surface area contributed by atoms with Crippen LogP contribution in [0.15, 0.2) is 42.1 Å². The highest BCUT2D eigenvalue weighted by Gasteiger charge is 2.26. The molecule has 3 heterocycles. The van der Waals surface area contributed by atoms with Gasteiger partial charge in [-0.1, -0.05) is 29.3 Å². The number of hydrogen-bond donors (Lipinski definition) is 2. The molecule has 1 aromatic heterocycles. The molecule has 3 aliphatic rings. The van der Waals surface area contributed by atoms with Crippen molar-refractivity contribution < 1.29 is 4.79 Å². The minimum atomic E-state index is 0.0720. The van der Waals surface area contributed by atoms with Crippen molar-refractivity contribution in [2.45, 2.75) is 38.5 Å². The van der Waals surface area contributed by atoms with E-state index in [2.05, 4.69) is 33.7 Å². The summed E-state index contributed by atoms with van der Waals surface area (Å²) in [6, 6.07) is 10.5. The summed E-state index contributed by atoms with van der Waals surface area (Å²) < 4.78 is 0. The van der Waals surface area contributed by atoms with Crippen LogP contribution in [-0.2, 0) is 12.8 Å². The number of piperidine rings is 1. The summed E-state index contributed by atoms with van der Waals surface area (Å²) in [7, 11) is 0. The smallest absolute Gasteiger partial charge is 0.317 e. The van der Waals surface area contributed by atoms with Gasteiger partial charge in [0.2, 0.25) is 0 Å². The summed E-state index contributed by atoms with van der Waals surface area (Å²) >= 11 is 6.34. The maximum atomic E-state index is 12.8. The van der Waals surface area contributed by atoms with Gasteiger partial charge in [0.25, 0.3) is 0 Å². The molecule has 2 amide bonds. The van der Waals surface area contributed by atoms with Crippen molar-refractivity contribution in [2.75, 3.05) is 52.4 Å². The maximum Gasteiger partial charge on any atom is 0.317 e. The molecule has 0 radical (unpaired) electrons. The fourth-order valence-electron chi connectivity index (χ4n) is 5.57. The number of unbranched alkanes of at least 4 members (excludes halogenated alkanes) is 1. The quantitative estimate of drug-likeness (QED) is 0.615. The molecule has 6 nitrogen and oxygen atoms in total. The number of piperazine rings is 1. The third kappa shape index (κ3) is 5.88. The Morgan fingerprint density at radius 3 is 2.63 bits per heavy atom. The Morgan fingerprint density at radius 1 is 1.00 bits per heavy atom. The molecule has 0 spiro atoms. The summed E-state index contributed by atoms with van der Waals surface area (Å²) in [5.41, 5.74) is 7.60. The van der Waals surface area contributed by atoms with Crippen LogP contribution < -0.4 is 10.6 Å². The van der Waals surface area contributed by atoms with Gasteiger partial charge in [0.05, 0.1) is 5.69 Å². The van der Waals surface area contributed by atoms with Crippen LogP contribution >= 0.6 is 11.6 Å². The molecule has 35 heavy (non-hydrogen) atoms. The number of nitrogens with one attached hydrogen (secondary N) is 2. The van der Waals surface area contributed by atoms with E-state index in [4.69, 9.17) is 16.6 Å². The van der Waals surface area contributed by atoms with E-state index in [1.54, 1.807) is 0 Å². The van der Waals surface area contributed by atoms with Crippen molar-refractivity contribution in [1.29, 1.82) is 0 Å². The zero-order valence-electron chi connectivity index (χ0n) is 20.5. The molecule has 0 unspecified atom stereocenters. The van der Waals surface area contributed by atoms with Gasteiger partial charge < -0.3 is 20.4 Å². The molecular formula is C28H36ClN5O. The number of rotatable bonds is 5. The van der Waals surface area contributed by atoms with Gasteiger partial charge in [-0.05, 0) is 80.0 Å². The van der Waals surface area contributed by atoms with Gasteiger partial charge in [-0.3, -0.25) is 4.98 Å². The number of halogens is 1. The molecule has 1 aromatic carbocycles. The fourth-order valence-corrected chi connectivity index (χ4v) is 5.76. The van der Waals surface area contributed by atoms with Gasteiger partial charge in [0.15, 0.2) is 0 Å². The number of aromatic nitrogens is 1. The van der Waals surface area contributed by atoms with E-state index < -0.39 is 0 Å². The average Bonchev–Trinajstić information content (AvgIpc) is 3.06. The maximum absolute atomic E-state index is 12.8. The van der Waals surface area contributed by atoms with Gasteiger partial charge in [0, 0.05) is 62.6 Å². The van der Waals surface area contributed by atoms with Crippen LogP contribution in [0.5, 0.6) is 0 Å². The lowest BCUT2D eigenvalue weighted by molar-refractivity contribution is 0.193. The predicted molar refractivity (Wildman–Crippen MR) is 142 cm³/mol. The number of hydrogen-bond acceptors (Lipinski definition) is 4. The second-order valence-electron chi connectivity index (χ2n) is 9.81. The molecular weight excluding hydrogens is 458 g/mol. The number of benzene rings is 1. The van der Waals surface area contributed by atoms with Crippen LogP contribution in [0.4, 0.5) is 4.79 Å². The lowest BCUT2D eigenvalue weighted by Crippen LogP contribution is -2.44. The van der Waals surface area contributed by atoms with Crippen LogP contribution in [0.25, 0.3) is 5.57 Å². The first-order chi connectivity index (χ1) is 17.2. The Bertz CT molecular complexity index is 1070. The minimum absolute atomic E-state index is 0.0720. The van der Waals surface area contributed by atoms with Crippen molar-refractivity contribution in [3.63, 3.8) is 0 Å². The number of urea groups is 1. The summed E-state index contributed by atoms with van der Waals surface area (Å²) in [6.45, 7) is 7.81. The molecule has 2 N–H and O–H groups in total. The number of likely N-dealkylation sites (tertiary alicyclic amines) is 1. The van der Waals surface area contributed by atoms with E-state index in [9.17, 15) is 4.79 Å². The standard InChI is InChI=1S/C28H36ClN5O/c29-24-7-8-25-23(20-24)6-5-22-4-3-12-31-27(22)26(25)21-9-16-34(17-10-21)28(35)32-11-1-2-15-33-18-13-30-14-19-33/h3-4,7-8,12,20,30H,1-2,5-6,9-11,13-19H2,(H,32,35). The fraction of sp³-hybridized carbons (Fsp3) is 0.500. The van der Waals surface area contributed by atoms with Crippen molar-refractivity contribution in [3.05, 3.63) is 69.5 Å². The molecule has 2 saturated heterocycles. The highest BCUT2D eigenvalue weighted by atomic mass is 35.5. The zero-order valence-corrected chi connectivity index (χ0v) is 21.2. The molecule has 0 atom stereocenters. The van der Waals surface area contributed by atoms with Gasteiger partial charge in [-0.15, -0.1) is 0 Å². The van der Waals surface area contributed by atoms with E-state index in [-0.39, 0.29) is 6.03 Å². The Balaban J connectivity index is 1.20. The summed E-state index contributed by atoms with van der Waals surface area (Å²) in [4.78, 5) is 22.1. The van der Waals surface area contributed by atoms with Crippen LogP contribution in [-0.4, -0.2) is 73.2 Å². The molecule has 7 heteroatoms. The average molecular weight is 494 g/mol. The van der Waals surface area contributed by atoms with Crippen molar-refractivity contribution >= 4 is 23.2 Å². The number of fused-ring (bicyclic) bond motifs is 2. The van der Waals surface area contributed by atoms with Crippen molar-refractivity contribution in [1.82, 2.24) is 25.4 Å². The highest BCUT2D eigenvalue weighted by molar-refractivity contribution is 6.30. The number of aryl methyl sites for hydroxylation is 2. The summed E-state index contributed by atoms with van der Waals surface area (Å²) in [6.07, 6.45) is 7.75. The van der Waals surface area contributed by atoms with E-state index in [0.29, 0.717) is 0 Å². The SMILES string of the molecule is O=C(NCCCCN1CCNCC1)N1CCC(=C2c3ccc(Cl)cc3CCc3cccnc32)CC1. The first-order valence-electron chi connectivity index (χ1n) is 13.1. The molecule has 186 valence electrons. The van der Waals surface area contributed by atoms with E-state index >= 15 is 0 Å². The van der Waals surface area contributed by atoms with Crippen LogP contribution in [0.1, 0.15) is 48.1 Å². The van der Waals surface area contributed by atoms with E-state index in [0.717, 1.165) is 102 Å². The third-order valence-electron chi connectivity index (χ3n) is 7.52. The molecule has 2 aromatic rings. The largest absolute Gasteiger partial charge is 0.338 e. The number of carbonyl (C=O) groups excluding carboxylic acids is 1. The van der Waals surface area contributed by atoms with E-state index in [1.165, 1.54) is 27.8 Å². The normalized spacial score (nSPS) is 18.6. The first-order valence-corrected chi connectivity index (χ1v) is 13.5. The second kappa shape index (κ2) is 11.5. The summed E-state index contributed by atoms with van der Waals surface area (Å²) in [5.74, 6) is 0. The Labute approximate surface area is 213 Å². The van der Waals surface area contributed by atoms with Crippen LogP contribution in [0.2, 0.25) is 5.02 Å². The third-order valence-corrected chi connectivity index (χ3v) is 7.76. The van der Waals surface area contributed by atoms with Gasteiger partial charge >= 0.3 is 6.03 Å². The molecule has 2 aliphatic heterocycles. The lowest BCUT2D eigenvalue weighted by Gasteiger charge is -2.30. The zero-order chi connectivity index (χ0) is 24.0. The molecule has 5 rings (SSSR count). The summed E-state index contributed by atoms with van der Waals surface area (Å²) in [5, 5.41) is 7.32. The number of amides is 2. The lowest BCUT2D eigenvalue weighted by atomic mass is 9.88. The number of carbonyl (C=O) groups is 1. The second-order valence-corrected chi connectivity index (χ2v) is 10.2. The van der Waals surface area contributed by atoms with Crippen molar-refractivity contribution in [2.24, 2.45) is 0 Å². The Hall–Kier alpha value is -2.41. The monoisotopic (exact) mass is 493 g/mol. The highest BCUT2D eigenvalue weighted by Crippen LogP contribution is 2.38. The molecule has 2 fully saturated rings. The van der Waals surface area contributed by atoms with Gasteiger partial charge in [-0.2, -0.15) is 0 Å². The molecule has 1 aliphatic carbocycles. The molecule has 0 bridgehead atoms.